The summed E-state index contributed by atoms with van der Waals surface area (Å²) in [6.07, 6.45) is 3.53. The summed E-state index contributed by atoms with van der Waals surface area (Å²) < 4.78 is 7.15. The van der Waals surface area contributed by atoms with Crippen LogP contribution < -0.4 is 4.90 Å². The fourth-order valence-corrected chi connectivity index (χ4v) is 2.08. The third kappa shape index (κ3) is 2.52. The third-order valence-corrected chi connectivity index (χ3v) is 3.08. The highest BCUT2D eigenvalue weighted by Gasteiger charge is 2.17. The Morgan fingerprint density at radius 1 is 1.21 bits per heavy atom. The number of hydrogen-bond acceptors (Lipinski definition) is 6. The van der Waals surface area contributed by atoms with Gasteiger partial charge in [0.1, 0.15) is 0 Å². The van der Waals surface area contributed by atoms with Gasteiger partial charge in [-0.05, 0) is 11.6 Å². The summed E-state index contributed by atoms with van der Waals surface area (Å²) in [7, 11) is 1.88. The molecule has 8 heteroatoms. The molecule has 19 heavy (non-hydrogen) atoms. The van der Waals surface area contributed by atoms with Crippen molar-refractivity contribution in [1.82, 2.24) is 24.5 Å². The van der Waals surface area contributed by atoms with Crippen LogP contribution >= 0.6 is 11.6 Å². The maximum atomic E-state index is 5.98. The summed E-state index contributed by atoms with van der Waals surface area (Å²) in [6, 6.07) is 0. The number of halogens is 1. The van der Waals surface area contributed by atoms with Crippen molar-refractivity contribution in [3.8, 4) is 11.6 Å². The van der Waals surface area contributed by atoms with Gasteiger partial charge in [0, 0.05) is 32.5 Å². The summed E-state index contributed by atoms with van der Waals surface area (Å²) in [5.41, 5.74) is 0. The standard InChI is InChI=1S/C11H13ClN6O/c1-17-3-2-13-9(17)8-14-10(12)16-11(15-8)18-4-6-19-7-5-18/h2-3H,4-7H2,1H3. The van der Waals surface area contributed by atoms with Gasteiger partial charge in [0.25, 0.3) is 0 Å². The van der Waals surface area contributed by atoms with E-state index in [1.54, 1.807) is 6.20 Å². The van der Waals surface area contributed by atoms with Gasteiger partial charge in [0.15, 0.2) is 5.82 Å². The number of ether oxygens (including phenoxy) is 1. The van der Waals surface area contributed by atoms with E-state index >= 15 is 0 Å². The molecule has 3 heterocycles. The minimum absolute atomic E-state index is 0.175. The van der Waals surface area contributed by atoms with E-state index in [-0.39, 0.29) is 5.28 Å². The number of rotatable bonds is 2. The van der Waals surface area contributed by atoms with Gasteiger partial charge in [-0.1, -0.05) is 0 Å². The first-order chi connectivity index (χ1) is 9.24. The zero-order valence-electron chi connectivity index (χ0n) is 10.5. The van der Waals surface area contributed by atoms with Gasteiger partial charge in [-0.25, -0.2) is 4.98 Å². The van der Waals surface area contributed by atoms with E-state index in [0.717, 1.165) is 13.1 Å². The maximum Gasteiger partial charge on any atom is 0.230 e. The SMILES string of the molecule is Cn1ccnc1-c1nc(Cl)nc(N2CCOCC2)n1. The lowest BCUT2D eigenvalue weighted by molar-refractivity contribution is 0.122. The van der Waals surface area contributed by atoms with Crippen molar-refractivity contribution in [2.45, 2.75) is 0 Å². The van der Waals surface area contributed by atoms with Crippen LogP contribution in [0.15, 0.2) is 12.4 Å². The van der Waals surface area contributed by atoms with E-state index in [0.29, 0.717) is 30.8 Å². The van der Waals surface area contributed by atoms with Crippen LogP contribution in [0.5, 0.6) is 0 Å². The van der Waals surface area contributed by atoms with Crippen LogP contribution in [0.4, 0.5) is 5.95 Å². The van der Waals surface area contributed by atoms with Crippen molar-refractivity contribution in [1.29, 1.82) is 0 Å². The second-order valence-electron chi connectivity index (χ2n) is 4.19. The van der Waals surface area contributed by atoms with E-state index in [2.05, 4.69) is 19.9 Å². The van der Waals surface area contributed by atoms with Crippen molar-refractivity contribution >= 4 is 17.5 Å². The summed E-state index contributed by atoms with van der Waals surface area (Å²) in [6.45, 7) is 2.84. The van der Waals surface area contributed by atoms with Gasteiger partial charge in [-0.15, -0.1) is 0 Å². The average molecular weight is 281 g/mol. The molecule has 0 spiro atoms. The second kappa shape index (κ2) is 5.10. The molecule has 2 aromatic heterocycles. The maximum absolute atomic E-state index is 5.98. The molecule has 0 saturated carbocycles. The number of morpholine rings is 1. The number of hydrogen-bond donors (Lipinski definition) is 0. The molecule has 0 aromatic carbocycles. The zero-order valence-corrected chi connectivity index (χ0v) is 11.2. The van der Waals surface area contributed by atoms with Gasteiger partial charge >= 0.3 is 0 Å². The molecule has 1 aliphatic heterocycles. The molecular formula is C11H13ClN6O. The zero-order chi connectivity index (χ0) is 13.2. The molecule has 1 fully saturated rings. The van der Waals surface area contributed by atoms with E-state index in [4.69, 9.17) is 16.3 Å². The highest BCUT2D eigenvalue weighted by atomic mass is 35.5. The number of imidazole rings is 1. The van der Waals surface area contributed by atoms with Crippen LogP contribution in [0, 0.1) is 0 Å². The lowest BCUT2D eigenvalue weighted by atomic mass is 10.4. The minimum atomic E-state index is 0.175. The largest absolute Gasteiger partial charge is 0.378 e. The second-order valence-corrected chi connectivity index (χ2v) is 4.53. The first-order valence-electron chi connectivity index (χ1n) is 5.96. The Morgan fingerprint density at radius 3 is 2.68 bits per heavy atom. The van der Waals surface area contributed by atoms with Crippen molar-refractivity contribution < 1.29 is 4.74 Å². The Hall–Kier alpha value is -1.73. The third-order valence-electron chi connectivity index (χ3n) is 2.91. The summed E-state index contributed by atoms with van der Waals surface area (Å²) >= 11 is 5.98. The molecule has 0 unspecified atom stereocenters. The predicted octanol–water partition coefficient (Wildman–Crippen LogP) is 0.762. The van der Waals surface area contributed by atoms with Crippen LogP contribution in [0.1, 0.15) is 0 Å². The van der Waals surface area contributed by atoms with Crippen molar-refractivity contribution in [3.05, 3.63) is 17.7 Å². The van der Waals surface area contributed by atoms with Crippen LogP contribution in [-0.4, -0.2) is 50.8 Å². The predicted molar refractivity (Wildman–Crippen MR) is 70.1 cm³/mol. The Balaban J connectivity index is 1.98. The highest BCUT2D eigenvalue weighted by Crippen LogP contribution is 2.18. The molecule has 0 amide bonds. The molecular weight excluding hydrogens is 268 g/mol. The molecule has 7 nitrogen and oxygen atoms in total. The molecule has 2 aromatic rings. The smallest absolute Gasteiger partial charge is 0.230 e. The van der Waals surface area contributed by atoms with Crippen LogP contribution in [-0.2, 0) is 11.8 Å². The lowest BCUT2D eigenvalue weighted by Crippen LogP contribution is -2.37. The van der Waals surface area contributed by atoms with E-state index in [9.17, 15) is 0 Å². The Labute approximate surface area is 115 Å². The van der Waals surface area contributed by atoms with E-state index in [1.165, 1.54) is 0 Å². The fraction of sp³-hybridized carbons (Fsp3) is 0.455. The minimum Gasteiger partial charge on any atom is -0.378 e. The fourth-order valence-electron chi connectivity index (χ4n) is 1.93. The van der Waals surface area contributed by atoms with Gasteiger partial charge < -0.3 is 14.2 Å². The van der Waals surface area contributed by atoms with Gasteiger partial charge in [-0.3, -0.25) is 0 Å². The molecule has 0 atom stereocenters. The number of nitrogens with zero attached hydrogens (tertiary/aromatic N) is 6. The van der Waals surface area contributed by atoms with Crippen molar-refractivity contribution in [2.24, 2.45) is 7.05 Å². The quantitative estimate of drug-likeness (QED) is 0.809. The lowest BCUT2D eigenvalue weighted by Gasteiger charge is -2.26. The van der Waals surface area contributed by atoms with Crippen molar-refractivity contribution in [3.63, 3.8) is 0 Å². The number of aryl methyl sites for hydroxylation is 1. The summed E-state index contributed by atoms with van der Waals surface area (Å²) in [4.78, 5) is 19.0. The monoisotopic (exact) mass is 280 g/mol. The molecule has 0 N–H and O–H groups in total. The summed E-state index contributed by atoms with van der Waals surface area (Å²) in [5, 5.41) is 0.175. The van der Waals surface area contributed by atoms with E-state index < -0.39 is 0 Å². The van der Waals surface area contributed by atoms with Gasteiger partial charge in [0.2, 0.25) is 17.1 Å². The molecule has 0 bridgehead atoms. The molecule has 0 radical (unpaired) electrons. The molecule has 1 aliphatic rings. The highest BCUT2D eigenvalue weighted by molar-refractivity contribution is 6.28. The van der Waals surface area contributed by atoms with Crippen LogP contribution in [0.25, 0.3) is 11.6 Å². The number of aromatic nitrogens is 5. The van der Waals surface area contributed by atoms with Crippen LogP contribution in [0.3, 0.4) is 0 Å². The van der Waals surface area contributed by atoms with E-state index in [1.807, 2.05) is 22.7 Å². The molecule has 100 valence electrons. The van der Waals surface area contributed by atoms with Crippen LogP contribution in [0.2, 0.25) is 5.28 Å². The number of anilines is 1. The first-order valence-corrected chi connectivity index (χ1v) is 6.34. The normalized spacial score (nSPS) is 15.8. The van der Waals surface area contributed by atoms with Gasteiger partial charge in [0.05, 0.1) is 13.2 Å². The van der Waals surface area contributed by atoms with Crippen molar-refractivity contribution in [2.75, 3.05) is 31.2 Å². The Kier molecular flexibility index (Phi) is 3.31. The molecule has 0 aliphatic carbocycles. The molecule has 3 rings (SSSR count). The average Bonchev–Trinajstić information content (AvgIpc) is 2.85. The topological polar surface area (TPSA) is 69.0 Å². The Morgan fingerprint density at radius 2 is 2.00 bits per heavy atom. The Bertz CT molecular complexity index is 580. The van der Waals surface area contributed by atoms with Gasteiger partial charge in [-0.2, -0.15) is 15.0 Å². The molecule has 1 saturated heterocycles. The first kappa shape index (κ1) is 12.3. The summed E-state index contributed by atoms with van der Waals surface area (Å²) in [5.74, 6) is 1.72.